The molecule has 0 radical (unpaired) electrons. The van der Waals surface area contributed by atoms with E-state index in [1.54, 1.807) is 0 Å². The van der Waals surface area contributed by atoms with Crippen LogP contribution < -0.4 is 0 Å². The molecule has 0 aromatic rings. The van der Waals surface area contributed by atoms with Gasteiger partial charge in [-0.3, -0.25) is 4.79 Å². The van der Waals surface area contributed by atoms with Gasteiger partial charge >= 0.3 is 5.71 Å². The first-order valence-corrected chi connectivity index (χ1v) is 6.58. The van der Waals surface area contributed by atoms with Crippen molar-refractivity contribution >= 4 is 11.5 Å². The molecule has 3 nitrogen and oxygen atoms in total. The molecule has 5 rings (SSSR count). The van der Waals surface area contributed by atoms with Crippen LogP contribution in [0.3, 0.4) is 0 Å². The fourth-order valence-electron chi connectivity index (χ4n) is 6.05. The van der Waals surface area contributed by atoms with Gasteiger partial charge < -0.3 is 5.53 Å². The third kappa shape index (κ3) is 0.562. The summed E-state index contributed by atoms with van der Waals surface area (Å²) in [4.78, 5) is 15.2. The van der Waals surface area contributed by atoms with Crippen molar-refractivity contribution in [3.63, 3.8) is 0 Å². The fraction of sp³-hybridized carbons (Fsp3) is 0.846. The standard InChI is InChI=1S/C13H14N2O/c14-15-7-3-6-10-8-4-1-2-5(4)9(8)12(10)11(6)13(7)16/h4-6,8-12H,1-3H2/t4-,5+,6+,8+,9-,10-,11+,12+/m1/s1. The predicted molar refractivity (Wildman–Crippen MR) is 55.4 cm³/mol. The maximum atomic E-state index is 12.0. The minimum absolute atomic E-state index is 0.176. The number of rotatable bonds is 0. The van der Waals surface area contributed by atoms with Crippen LogP contribution in [0.2, 0.25) is 0 Å². The number of carbonyl (C=O) groups excluding carboxylic acids is 1. The summed E-state index contributed by atoms with van der Waals surface area (Å²) >= 11 is 0. The molecule has 0 bridgehead atoms. The smallest absolute Gasteiger partial charge is 0.335 e. The molecule has 0 N–H and O–H groups in total. The monoisotopic (exact) mass is 214 g/mol. The summed E-state index contributed by atoms with van der Waals surface area (Å²) < 4.78 is 0. The van der Waals surface area contributed by atoms with Gasteiger partial charge in [0.25, 0.3) is 0 Å². The van der Waals surface area contributed by atoms with Gasteiger partial charge in [0.2, 0.25) is 5.78 Å². The van der Waals surface area contributed by atoms with E-state index in [1.165, 1.54) is 12.8 Å². The topological polar surface area (TPSA) is 53.5 Å². The molecule has 0 aromatic heterocycles. The van der Waals surface area contributed by atoms with E-state index in [1.807, 2.05) is 0 Å². The van der Waals surface area contributed by atoms with Crippen molar-refractivity contribution in [3.8, 4) is 0 Å². The highest BCUT2D eigenvalue weighted by Crippen LogP contribution is 2.81. The minimum Gasteiger partial charge on any atom is -0.361 e. The summed E-state index contributed by atoms with van der Waals surface area (Å²) in [5, 5.41) is 0. The van der Waals surface area contributed by atoms with Crippen molar-refractivity contribution in [2.45, 2.75) is 19.3 Å². The average molecular weight is 214 g/mol. The van der Waals surface area contributed by atoms with Gasteiger partial charge in [-0.1, -0.05) is 0 Å². The highest BCUT2D eigenvalue weighted by atomic mass is 16.1. The van der Waals surface area contributed by atoms with Crippen LogP contribution in [0.1, 0.15) is 19.3 Å². The van der Waals surface area contributed by atoms with Gasteiger partial charge in [-0.25, -0.2) is 0 Å². The first-order chi connectivity index (χ1) is 7.83. The van der Waals surface area contributed by atoms with Gasteiger partial charge in [-0.15, -0.1) is 0 Å². The number of Topliss-reactive ketones (excluding diaryl/α,β-unsaturated/α-hetero) is 1. The van der Waals surface area contributed by atoms with E-state index >= 15 is 0 Å². The van der Waals surface area contributed by atoms with E-state index in [-0.39, 0.29) is 11.7 Å². The summed E-state index contributed by atoms with van der Waals surface area (Å²) in [6.07, 6.45) is 3.63. The fourth-order valence-corrected chi connectivity index (χ4v) is 6.05. The molecule has 0 amide bonds. The van der Waals surface area contributed by atoms with Gasteiger partial charge in [0, 0.05) is 5.92 Å². The Morgan fingerprint density at radius 3 is 2.25 bits per heavy atom. The van der Waals surface area contributed by atoms with Gasteiger partial charge in [0.1, 0.15) is 0 Å². The summed E-state index contributed by atoms with van der Waals surface area (Å²) in [5.41, 5.74) is 9.29. The maximum Gasteiger partial charge on any atom is 0.335 e. The van der Waals surface area contributed by atoms with Crippen LogP contribution in [-0.2, 0) is 4.79 Å². The van der Waals surface area contributed by atoms with Crippen molar-refractivity contribution in [3.05, 3.63) is 5.53 Å². The second-order valence-electron chi connectivity index (χ2n) is 6.52. The number of ketones is 1. The number of hydrogen-bond acceptors (Lipinski definition) is 1. The SMILES string of the molecule is [N-]=[N+]=C1C[C@@H]2[C@H](C1=O)[C@@H]1[C@H]2[C@H]2[C@@H]3CC[C@@H]3[C@H]21. The Bertz CT molecular complexity index is 478. The molecular weight excluding hydrogens is 200 g/mol. The lowest BCUT2D eigenvalue weighted by molar-refractivity contribution is -0.325. The average Bonchev–Trinajstić information content (AvgIpc) is 2.49. The van der Waals surface area contributed by atoms with E-state index in [9.17, 15) is 4.79 Å². The van der Waals surface area contributed by atoms with Crippen molar-refractivity contribution < 1.29 is 9.58 Å². The van der Waals surface area contributed by atoms with Crippen LogP contribution in [0.15, 0.2) is 0 Å². The molecule has 5 aliphatic carbocycles. The van der Waals surface area contributed by atoms with Gasteiger partial charge in [0.05, 0.1) is 6.42 Å². The predicted octanol–water partition coefficient (Wildman–Crippen LogP) is 1.39. The molecule has 82 valence electrons. The number of nitrogens with zero attached hydrogens (tertiary/aromatic N) is 2. The molecule has 0 unspecified atom stereocenters. The summed E-state index contributed by atoms with van der Waals surface area (Å²) in [6.45, 7) is 0. The molecule has 5 aliphatic rings. The highest BCUT2D eigenvalue weighted by molar-refractivity contribution is 6.40. The number of fused-ring (bicyclic) bond motifs is 10. The molecule has 0 heterocycles. The van der Waals surface area contributed by atoms with Crippen LogP contribution in [-0.4, -0.2) is 16.3 Å². The van der Waals surface area contributed by atoms with Gasteiger partial charge in [-0.2, -0.15) is 4.79 Å². The van der Waals surface area contributed by atoms with Crippen molar-refractivity contribution in [1.82, 2.24) is 0 Å². The molecule has 0 aromatic carbocycles. The molecule has 8 atom stereocenters. The van der Waals surface area contributed by atoms with E-state index < -0.39 is 0 Å². The van der Waals surface area contributed by atoms with Gasteiger partial charge in [-0.05, 0) is 54.3 Å². The zero-order valence-electron chi connectivity index (χ0n) is 9.04. The lowest BCUT2D eigenvalue weighted by Gasteiger charge is -2.79. The van der Waals surface area contributed by atoms with Crippen LogP contribution in [0.25, 0.3) is 5.53 Å². The van der Waals surface area contributed by atoms with Crippen molar-refractivity contribution in [2.24, 2.45) is 47.3 Å². The first kappa shape index (κ1) is 8.19. The maximum absolute atomic E-state index is 12.0. The largest absolute Gasteiger partial charge is 0.361 e. The lowest BCUT2D eigenvalue weighted by Crippen LogP contribution is -2.77. The highest BCUT2D eigenvalue weighted by Gasteiger charge is 2.80. The molecule has 0 saturated heterocycles. The third-order valence-electron chi connectivity index (χ3n) is 6.66. The third-order valence-corrected chi connectivity index (χ3v) is 6.66. The summed E-state index contributed by atoms with van der Waals surface area (Å²) in [6, 6.07) is 0. The number of carbonyl (C=O) groups is 1. The molecule has 5 fully saturated rings. The van der Waals surface area contributed by atoms with Crippen LogP contribution in [0.5, 0.6) is 0 Å². The normalized spacial score (nSPS) is 63.5. The van der Waals surface area contributed by atoms with Gasteiger partial charge in [0.15, 0.2) is 0 Å². The van der Waals surface area contributed by atoms with E-state index in [0.29, 0.717) is 17.5 Å². The molecule has 0 aliphatic heterocycles. The van der Waals surface area contributed by atoms with Crippen LogP contribution in [0.4, 0.5) is 0 Å². The van der Waals surface area contributed by atoms with Crippen molar-refractivity contribution in [2.75, 3.05) is 0 Å². The van der Waals surface area contributed by atoms with Crippen LogP contribution >= 0.6 is 0 Å². The Morgan fingerprint density at radius 1 is 1.00 bits per heavy atom. The Balaban J connectivity index is 1.52. The zero-order valence-corrected chi connectivity index (χ0v) is 9.04. The second-order valence-corrected chi connectivity index (χ2v) is 6.52. The zero-order chi connectivity index (χ0) is 10.6. The number of hydrogen-bond donors (Lipinski definition) is 0. The molecule has 16 heavy (non-hydrogen) atoms. The molecular formula is C13H14N2O. The summed E-state index contributed by atoms with van der Waals surface area (Å²) in [5.74, 6) is 6.40. The Hall–Kier alpha value is -0.950. The quantitative estimate of drug-likeness (QED) is 0.341. The molecule has 5 saturated carbocycles. The Morgan fingerprint density at radius 2 is 1.62 bits per heavy atom. The lowest BCUT2D eigenvalue weighted by atomic mass is 9.24. The van der Waals surface area contributed by atoms with E-state index in [4.69, 9.17) is 5.53 Å². The molecule has 0 spiro atoms. The summed E-state index contributed by atoms with van der Waals surface area (Å²) in [7, 11) is 0. The minimum atomic E-state index is 0.176. The second kappa shape index (κ2) is 2.19. The van der Waals surface area contributed by atoms with Crippen molar-refractivity contribution in [1.29, 1.82) is 0 Å². The first-order valence-electron chi connectivity index (χ1n) is 6.58. The Kier molecular flexibility index (Phi) is 1.12. The molecule has 3 heteroatoms. The van der Waals surface area contributed by atoms with E-state index in [0.717, 1.165) is 36.0 Å². The Labute approximate surface area is 93.8 Å². The van der Waals surface area contributed by atoms with Crippen LogP contribution in [0, 0.1) is 47.3 Å². The van der Waals surface area contributed by atoms with E-state index in [2.05, 4.69) is 4.79 Å².